The molecule has 19 heavy (non-hydrogen) atoms. The molecule has 0 aromatic heterocycles. The molecule has 1 heterocycles. The lowest BCUT2D eigenvalue weighted by atomic mass is 10.1. The number of nitrogens with one attached hydrogen (secondary N) is 1. The average molecular weight is 290 g/mol. The monoisotopic (exact) mass is 290 g/mol. The minimum atomic E-state index is -0.977. The van der Waals surface area contributed by atoms with Crippen LogP contribution in [0.4, 0.5) is 4.79 Å². The van der Waals surface area contributed by atoms with Gasteiger partial charge in [0.05, 0.1) is 6.61 Å². The van der Waals surface area contributed by atoms with Gasteiger partial charge >= 0.3 is 12.0 Å². The number of methoxy groups -OCH3 is 1. The first-order valence-corrected chi connectivity index (χ1v) is 7.74. The van der Waals surface area contributed by atoms with E-state index in [0.29, 0.717) is 37.8 Å². The van der Waals surface area contributed by atoms with Crippen molar-refractivity contribution in [2.75, 3.05) is 38.8 Å². The largest absolute Gasteiger partial charge is 0.480 e. The Morgan fingerprint density at radius 1 is 1.58 bits per heavy atom. The van der Waals surface area contributed by atoms with E-state index in [1.54, 1.807) is 23.8 Å². The van der Waals surface area contributed by atoms with Crippen LogP contribution in [0.25, 0.3) is 0 Å². The van der Waals surface area contributed by atoms with Gasteiger partial charge in [-0.1, -0.05) is 0 Å². The van der Waals surface area contributed by atoms with Crippen LogP contribution in [0.5, 0.6) is 0 Å². The molecule has 1 unspecified atom stereocenters. The van der Waals surface area contributed by atoms with E-state index in [1.165, 1.54) is 0 Å². The Morgan fingerprint density at radius 2 is 2.32 bits per heavy atom. The van der Waals surface area contributed by atoms with Crippen LogP contribution < -0.4 is 5.32 Å². The number of carbonyl (C=O) groups is 2. The fourth-order valence-corrected chi connectivity index (χ4v) is 2.59. The van der Waals surface area contributed by atoms with Crippen molar-refractivity contribution < 1.29 is 19.4 Å². The van der Waals surface area contributed by atoms with Crippen molar-refractivity contribution in [2.24, 2.45) is 5.92 Å². The van der Waals surface area contributed by atoms with E-state index in [-0.39, 0.29) is 6.03 Å². The molecule has 0 aliphatic carbocycles. The standard InChI is InChI=1S/C12H22N2O4S/c1-18-8-9-3-5-14(7-9)12(17)13-10(11(15)16)4-6-19-2/h9-10H,3-8H2,1-2H3,(H,13,17)(H,15,16)/t9?,10-/m0/s1. The maximum atomic E-state index is 12.0. The molecule has 0 bridgehead atoms. The highest BCUT2D eigenvalue weighted by Gasteiger charge is 2.28. The number of carbonyl (C=O) groups excluding carboxylic acids is 1. The fraction of sp³-hybridized carbons (Fsp3) is 0.833. The van der Waals surface area contributed by atoms with E-state index in [2.05, 4.69) is 5.32 Å². The number of thioether (sulfide) groups is 1. The number of carboxylic acid groups (broad SMARTS) is 1. The molecular weight excluding hydrogens is 268 g/mol. The molecule has 1 saturated heterocycles. The summed E-state index contributed by atoms with van der Waals surface area (Å²) < 4.78 is 5.07. The quantitative estimate of drug-likeness (QED) is 0.727. The first kappa shape index (κ1) is 16.1. The van der Waals surface area contributed by atoms with Gasteiger partial charge in [0, 0.05) is 26.1 Å². The molecule has 2 N–H and O–H groups in total. The number of nitrogens with zero attached hydrogens (tertiary/aromatic N) is 1. The van der Waals surface area contributed by atoms with Gasteiger partial charge in [-0.05, 0) is 24.9 Å². The lowest BCUT2D eigenvalue weighted by Crippen LogP contribution is -2.47. The third-order valence-electron chi connectivity index (χ3n) is 3.18. The molecule has 2 atom stereocenters. The van der Waals surface area contributed by atoms with Crippen LogP contribution in [-0.4, -0.2) is 66.9 Å². The first-order valence-electron chi connectivity index (χ1n) is 6.34. The van der Waals surface area contributed by atoms with Crippen LogP contribution in [0.15, 0.2) is 0 Å². The highest BCUT2D eigenvalue weighted by Crippen LogP contribution is 2.16. The molecule has 0 saturated carbocycles. The smallest absolute Gasteiger partial charge is 0.326 e. The van der Waals surface area contributed by atoms with Crippen LogP contribution in [0.3, 0.4) is 0 Å². The number of rotatable bonds is 7. The number of carboxylic acids is 1. The minimum Gasteiger partial charge on any atom is -0.480 e. The third-order valence-corrected chi connectivity index (χ3v) is 3.83. The predicted octanol–water partition coefficient (Wildman–Crippen LogP) is 0.871. The zero-order valence-electron chi connectivity index (χ0n) is 11.4. The maximum absolute atomic E-state index is 12.0. The fourth-order valence-electron chi connectivity index (χ4n) is 2.12. The van der Waals surface area contributed by atoms with Crippen LogP contribution in [0.2, 0.25) is 0 Å². The zero-order valence-corrected chi connectivity index (χ0v) is 12.2. The van der Waals surface area contributed by atoms with E-state index < -0.39 is 12.0 Å². The number of aliphatic carboxylic acids is 1. The Labute approximate surface area is 117 Å². The van der Waals surface area contributed by atoms with E-state index in [9.17, 15) is 9.59 Å². The summed E-state index contributed by atoms with van der Waals surface area (Å²) in [6.45, 7) is 1.93. The second-order valence-corrected chi connectivity index (χ2v) is 5.66. The van der Waals surface area contributed by atoms with E-state index in [0.717, 1.165) is 6.42 Å². The molecule has 1 fully saturated rings. The van der Waals surface area contributed by atoms with Crippen molar-refractivity contribution in [3.8, 4) is 0 Å². The minimum absolute atomic E-state index is 0.285. The lowest BCUT2D eigenvalue weighted by molar-refractivity contribution is -0.139. The van der Waals surface area contributed by atoms with Gasteiger partial charge in [-0.2, -0.15) is 11.8 Å². The summed E-state index contributed by atoms with van der Waals surface area (Å²) in [4.78, 5) is 24.7. The number of likely N-dealkylation sites (tertiary alicyclic amines) is 1. The van der Waals surface area contributed by atoms with Gasteiger partial charge in [0.15, 0.2) is 0 Å². The lowest BCUT2D eigenvalue weighted by Gasteiger charge is -2.21. The molecule has 0 radical (unpaired) electrons. The zero-order chi connectivity index (χ0) is 14.3. The van der Waals surface area contributed by atoms with Crippen molar-refractivity contribution in [1.82, 2.24) is 10.2 Å². The maximum Gasteiger partial charge on any atom is 0.326 e. The van der Waals surface area contributed by atoms with Crippen LogP contribution >= 0.6 is 11.8 Å². The Kier molecular flexibility index (Phi) is 7.01. The van der Waals surface area contributed by atoms with Crippen molar-refractivity contribution in [1.29, 1.82) is 0 Å². The molecule has 1 aliphatic rings. The van der Waals surface area contributed by atoms with Crippen LogP contribution in [0, 0.1) is 5.92 Å². The topological polar surface area (TPSA) is 78.9 Å². The Hall–Kier alpha value is -0.950. The summed E-state index contributed by atoms with van der Waals surface area (Å²) in [5.74, 6) is 0.0871. The number of ether oxygens (including phenoxy) is 1. The molecule has 1 aliphatic heterocycles. The summed E-state index contributed by atoms with van der Waals surface area (Å²) in [6.07, 6.45) is 3.26. The Balaban J connectivity index is 2.42. The van der Waals surface area contributed by atoms with Crippen molar-refractivity contribution in [3.63, 3.8) is 0 Å². The molecule has 6 nitrogen and oxygen atoms in total. The van der Waals surface area contributed by atoms with Crippen molar-refractivity contribution in [3.05, 3.63) is 0 Å². The molecule has 1 rings (SSSR count). The molecule has 0 spiro atoms. The Morgan fingerprint density at radius 3 is 2.89 bits per heavy atom. The summed E-state index contributed by atoms with van der Waals surface area (Å²) >= 11 is 1.57. The van der Waals surface area contributed by atoms with E-state index >= 15 is 0 Å². The number of hydrogen-bond donors (Lipinski definition) is 2. The summed E-state index contributed by atoms with van der Waals surface area (Å²) in [7, 11) is 1.64. The molecule has 7 heteroatoms. The second kappa shape index (κ2) is 8.27. The molecule has 2 amide bonds. The molecule has 0 aromatic rings. The summed E-state index contributed by atoms with van der Waals surface area (Å²) in [6, 6.07) is -1.09. The summed E-state index contributed by atoms with van der Waals surface area (Å²) in [5, 5.41) is 11.7. The van der Waals surface area contributed by atoms with Gasteiger partial charge in [0.1, 0.15) is 6.04 Å². The first-order chi connectivity index (χ1) is 9.08. The normalized spacial score (nSPS) is 20.3. The third kappa shape index (κ3) is 5.28. The van der Waals surface area contributed by atoms with E-state index in [4.69, 9.17) is 9.84 Å². The molecular formula is C12H22N2O4S. The van der Waals surface area contributed by atoms with Gasteiger partial charge in [0.25, 0.3) is 0 Å². The van der Waals surface area contributed by atoms with Gasteiger partial charge in [-0.3, -0.25) is 0 Å². The second-order valence-electron chi connectivity index (χ2n) is 4.68. The number of amides is 2. The highest BCUT2D eigenvalue weighted by atomic mass is 32.2. The number of hydrogen-bond acceptors (Lipinski definition) is 4. The van der Waals surface area contributed by atoms with Gasteiger partial charge < -0.3 is 20.1 Å². The SMILES string of the molecule is COCC1CCN(C(=O)N[C@@H](CCSC)C(=O)O)C1. The predicted molar refractivity (Wildman–Crippen MR) is 74.5 cm³/mol. The Bertz CT molecular complexity index is 314. The van der Waals surface area contributed by atoms with Crippen LogP contribution in [-0.2, 0) is 9.53 Å². The average Bonchev–Trinajstić information content (AvgIpc) is 2.83. The van der Waals surface area contributed by atoms with E-state index in [1.807, 2.05) is 6.26 Å². The molecule has 110 valence electrons. The number of urea groups is 1. The van der Waals surface area contributed by atoms with Gasteiger partial charge in [0.2, 0.25) is 0 Å². The molecule has 0 aromatic carbocycles. The van der Waals surface area contributed by atoms with Crippen molar-refractivity contribution >= 4 is 23.8 Å². The van der Waals surface area contributed by atoms with Gasteiger partial charge in [-0.15, -0.1) is 0 Å². The highest BCUT2D eigenvalue weighted by molar-refractivity contribution is 7.98. The van der Waals surface area contributed by atoms with Crippen molar-refractivity contribution in [2.45, 2.75) is 18.9 Å². The van der Waals surface area contributed by atoms with Crippen LogP contribution in [0.1, 0.15) is 12.8 Å². The summed E-state index contributed by atoms with van der Waals surface area (Å²) in [5.41, 5.74) is 0. The van der Waals surface area contributed by atoms with Gasteiger partial charge in [-0.25, -0.2) is 9.59 Å².